The van der Waals surface area contributed by atoms with Gasteiger partial charge in [-0.3, -0.25) is 4.98 Å². The fraction of sp³-hybridized carbons (Fsp3) is 0.714. The van der Waals surface area contributed by atoms with Gasteiger partial charge in [0.25, 0.3) is 0 Å². The molecule has 0 bridgehead atoms. The average molecular weight is 247 g/mol. The van der Waals surface area contributed by atoms with Crippen molar-refractivity contribution in [2.75, 3.05) is 0 Å². The molecular formula is C14H21N3O. The second-order valence-electron chi connectivity index (χ2n) is 5.38. The van der Waals surface area contributed by atoms with Crippen molar-refractivity contribution in [3.8, 4) is 5.88 Å². The zero-order valence-electron chi connectivity index (χ0n) is 10.8. The van der Waals surface area contributed by atoms with E-state index in [-0.39, 0.29) is 0 Å². The smallest absolute Gasteiger partial charge is 0.232 e. The zero-order valence-corrected chi connectivity index (χ0v) is 10.8. The predicted molar refractivity (Wildman–Crippen MR) is 69.4 cm³/mol. The summed E-state index contributed by atoms with van der Waals surface area (Å²) in [6, 6.07) is 0.713. The third-order valence-corrected chi connectivity index (χ3v) is 3.67. The Kier molecular flexibility index (Phi) is 3.74. The van der Waals surface area contributed by atoms with Gasteiger partial charge in [-0.2, -0.15) is 0 Å². The van der Waals surface area contributed by atoms with Crippen molar-refractivity contribution in [2.45, 2.75) is 63.6 Å². The highest BCUT2D eigenvalue weighted by Crippen LogP contribution is 2.22. The van der Waals surface area contributed by atoms with Gasteiger partial charge in [0.15, 0.2) is 0 Å². The maximum atomic E-state index is 5.85. The van der Waals surface area contributed by atoms with Crippen LogP contribution in [-0.2, 0) is 6.54 Å². The van der Waals surface area contributed by atoms with E-state index in [0.717, 1.165) is 25.1 Å². The van der Waals surface area contributed by atoms with Crippen LogP contribution in [0, 0.1) is 0 Å². The van der Waals surface area contributed by atoms with E-state index < -0.39 is 0 Å². The Morgan fingerprint density at radius 1 is 1.06 bits per heavy atom. The van der Waals surface area contributed by atoms with Crippen LogP contribution in [0.4, 0.5) is 0 Å². The third kappa shape index (κ3) is 3.42. The van der Waals surface area contributed by atoms with Gasteiger partial charge in [0.2, 0.25) is 5.88 Å². The molecule has 0 spiro atoms. The molecule has 2 aliphatic rings. The molecule has 2 fully saturated rings. The fourth-order valence-electron chi connectivity index (χ4n) is 2.39. The van der Waals surface area contributed by atoms with E-state index >= 15 is 0 Å². The second kappa shape index (κ2) is 5.65. The number of hydrogen-bond acceptors (Lipinski definition) is 4. The highest BCUT2D eigenvalue weighted by atomic mass is 16.5. The molecule has 0 amide bonds. The lowest BCUT2D eigenvalue weighted by Crippen LogP contribution is -2.20. The minimum atomic E-state index is 0.350. The first-order valence-electron chi connectivity index (χ1n) is 7.11. The molecule has 1 heterocycles. The predicted octanol–water partition coefficient (Wildman–Crippen LogP) is 2.44. The summed E-state index contributed by atoms with van der Waals surface area (Å²) >= 11 is 0. The molecule has 1 N–H and O–H groups in total. The van der Waals surface area contributed by atoms with Crippen LogP contribution in [0.1, 0.15) is 50.6 Å². The second-order valence-corrected chi connectivity index (χ2v) is 5.38. The van der Waals surface area contributed by atoms with Gasteiger partial charge in [0.1, 0.15) is 6.10 Å². The van der Waals surface area contributed by atoms with Gasteiger partial charge in [-0.05, 0) is 38.5 Å². The summed E-state index contributed by atoms with van der Waals surface area (Å²) in [7, 11) is 0. The Balaban J connectivity index is 1.49. The maximum Gasteiger partial charge on any atom is 0.232 e. The minimum Gasteiger partial charge on any atom is -0.473 e. The van der Waals surface area contributed by atoms with Crippen molar-refractivity contribution in [2.24, 2.45) is 0 Å². The van der Waals surface area contributed by atoms with E-state index in [1.807, 2.05) is 6.20 Å². The number of aromatic nitrogens is 2. The summed E-state index contributed by atoms with van der Waals surface area (Å²) in [5.74, 6) is 0.678. The largest absolute Gasteiger partial charge is 0.473 e. The van der Waals surface area contributed by atoms with Gasteiger partial charge >= 0.3 is 0 Å². The molecule has 3 rings (SSSR count). The molecule has 0 unspecified atom stereocenters. The summed E-state index contributed by atoms with van der Waals surface area (Å²) in [6.07, 6.45) is 12.8. The van der Waals surface area contributed by atoms with E-state index in [9.17, 15) is 0 Å². The Morgan fingerprint density at radius 3 is 2.56 bits per heavy atom. The SMILES string of the molecule is c1nc(OC2CCCCC2)cnc1CNC1CC1. The lowest BCUT2D eigenvalue weighted by molar-refractivity contribution is 0.148. The highest BCUT2D eigenvalue weighted by molar-refractivity contribution is 5.08. The van der Waals surface area contributed by atoms with Crippen LogP contribution < -0.4 is 10.1 Å². The Morgan fingerprint density at radius 2 is 1.89 bits per heavy atom. The number of nitrogens with one attached hydrogen (secondary N) is 1. The van der Waals surface area contributed by atoms with Crippen molar-refractivity contribution in [3.05, 3.63) is 18.1 Å². The van der Waals surface area contributed by atoms with E-state index in [1.54, 1.807) is 6.20 Å². The molecule has 18 heavy (non-hydrogen) atoms. The fourth-order valence-corrected chi connectivity index (χ4v) is 2.39. The molecule has 0 radical (unpaired) electrons. The average Bonchev–Trinajstić information content (AvgIpc) is 3.23. The quantitative estimate of drug-likeness (QED) is 0.868. The molecule has 0 atom stereocenters. The summed E-state index contributed by atoms with van der Waals surface area (Å²) in [6.45, 7) is 0.821. The van der Waals surface area contributed by atoms with Crippen LogP contribution in [0.5, 0.6) is 5.88 Å². The van der Waals surface area contributed by atoms with Crippen molar-refractivity contribution in [1.29, 1.82) is 0 Å². The van der Waals surface area contributed by atoms with Crippen LogP contribution in [-0.4, -0.2) is 22.1 Å². The molecule has 4 heteroatoms. The van der Waals surface area contributed by atoms with Crippen LogP contribution >= 0.6 is 0 Å². The third-order valence-electron chi connectivity index (χ3n) is 3.67. The lowest BCUT2D eigenvalue weighted by Gasteiger charge is -2.22. The molecule has 1 aromatic heterocycles. The molecule has 4 nitrogen and oxygen atoms in total. The highest BCUT2D eigenvalue weighted by Gasteiger charge is 2.20. The first kappa shape index (κ1) is 11.9. The summed E-state index contributed by atoms with van der Waals surface area (Å²) in [5.41, 5.74) is 0.998. The lowest BCUT2D eigenvalue weighted by atomic mass is 9.98. The molecule has 0 saturated heterocycles. The summed E-state index contributed by atoms with van der Waals surface area (Å²) < 4.78 is 5.85. The van der Waals surface area contributed by atoms with Crippen LogP contribution in [0.15, 0.2) is 12.4 Å². The van der Waals surface area contributed by atoms with Crippen molar-refractivity contribution >= 4 is 0 Å². The topological polar surface area (TPSA) is 47.0 Å². The molecule has 2 saturated carbocycles. The van der Waals surface area contributed by atoms with Gasteiger partial charge in [0, 0.05) is 12.6 Å². The molecular weight excluding hydrogens is 226 g/mol. The summed E-state index contributed by atoms with van der Waals surface area (Å²) in [5, 5.41) is 3.43. The zero-order chi connectivity index (χ0) is 12.2. The number of ether oxygens (including phenoxy) is 1. The van der Waals surface area contributed by atoms with Gasteiger partial charge < -0.3 is 10.1 Å². The maximum absolute atomic E-state index is 5.85. The molecule has 1 aromatic rings. The molecule has 0 aliphatic heterocycles. The van der Waals surface area contributed by atoms with Crippen molar-refractivity contribution in [3.63, 3.8) is 0 Å². The normalized spacial score (nSPS) is 20.9. The van der Waals surface area contributed by atoms with E-state index in [1.165, 1.54) is 32.1 Å². The molecule has 0 aromatic carbocycles. The van der Waals surface area contributed by atoms with E-state index in [2.05, 4.69) is 15.3 Å². The monoisotopic (exact) mass is 247 g/mol. The van der Waals surface area contributed by atoms with Gasteiger partial charge in [-0.15, -0.1) is 0 Å². The molecule has 2 aliphatic carbocycles. The van der Waals surface area contributed by atoms with Gasteiger partial charge in [0.05, 0.1) is 18.1 Å². The van der Waals surface area contributed by atoms with E-state index in [4.69, 9.17) is 4.74 Å². The standard InChI is InChI=1S/C14H21N3O/c1-2-4-13(5-3-1)18-14-10-16-12(9-17-14)8-15-11-6-7-11/h9-11,13,15H,1-8H2. The number of nitrogens with zero attached hydrogens (tertiary/aromatic N) is 2. The summed E-state index contributed by atoms with van der Waals surface area (Å²) in [4.78, 5) is 8.74. The van der Waals surface area contributed by atoms with Crippen LogP contribution in [0.3, 0.4) is 0 Å². The first-order valence-corrected chi connectivity index (χ1v) is 7.11. The number of hydrogen-bond donors (Lipinski definition) is 1. The van der Waals surface area contributed by atoms with Crippen LogP contribution in [0.25, 0.3) is 0 Å². The Labute approximate surface area is 108 Å². The Hall–Kier alpha value is -1.16. The minimum absolute atomic E-state index is 0.350. The van der Waals surface area contributed by atoms with Crippen molar-refractivity contribution < 1.29 is 4.74 Å². The van der Waals surface area contributed by atoms with Gasteiger partial charge in [-0.25, -0.2) is 4.98 Å². The first-order chi connectivity index (χ1) is 8.90. The van der Waals surface area contributed by atoms with Crippen molar-refractivity contribution in [1.82, 2.24) is 15.3 Å². The molecule has 98 valence electrons. The Bertz CT molecular complexity index is 369. The van der Waals surface area contributed by atoms with Crippen LogP contribution in [0.2, 0.25) is 0 Å². The number of rotatable bonds is 5. The van der Waals surface area contributed by atoms with Gasteiger partial charge in [-0.1, -0.05) is 6.42 Å². The van der Waals surface area contributed by atoms with E-state index in [0.29, 0.717) is 18.0 Å².